The van der Waals surface area contributed by atoms with Crippen LogP contribution in [-0.4, -0.2) is 58.7 Å². The van der Waals surface area contributed by atoms with Gasteiger partial charge in [-0.25, -0.2) is 19.7 Å². The summed E-state index contributed by atoms with van der Waals surface area (Å²) in [5.74, 6) is 0.414. The highest BCUT2D eigenvalue weighted by Gasteiger charge is 2.25. The summed E-state index contributed by atoms with van der Waals surface area (Å²) >= 11 is 0. The van der Waals surface area contributed by atoms with Gasteiger partial charge in [-0.05, 0) is 0 Å². The van der Waals surface area contributed by atoms with E-state index in [-0.39, 0.29) is 29.7 Å². The summed E-state index contributed by atoms with van der Waals surface area (Å²) < 4.78 is 9.64. The molecule has 0 unspecified atom stereocenters. The molecule has 0 aliphatic carbocycles. The molecule has 11 nitrogen and oxygen atoms in total. The SMILES string of the molecule is Cn1c(=O)c2c(ncn2CC(=O)N2CCC(Oc3ccncn3)CC2)n(C)c1=O. The Kier molecular flexibility index (Phi) is 4.87. The van der Waals surface area contributed by atoms with Crippen LogP contribution in [0.3, 0.4) is 0 Å². The van der Waals surface area contributed by atoms with Gasteiger partial charge in [0.25, 0.3) is 5.56 Å². The molecule has 0 saturated carbocycles. The fourth-order valence-corrected chi connectivity index (χ4v) is 3.50. The van der Waals surface area contributed by atoms with E-state index < -0.39 is 11.2 Å². The maximum Gasteiger partial charge on any atom is 0.332 e. The molecule has 0 radical (unpaired) electrons. The number of ether oxygens (including phenoxy) is 1. The molecule has 152 valence electrons. The number of carbonyl (C=O) groups excluding carboxylic acids is 1. The third kappa shape index (κ3) is 3.50. The Labute approximate surface area is 165 Å². The molecule has 3 aromatic heterocycles. The van der Waals surface area contributed by atoms with Crippen LogP contribution >= 0.6 is 0 Å². The number of amides is 1. The number of hydrogen-bond donors (Lipinski definition) is 0. The summed E-state index contributed by atoms with van der Waals surface area (Å²) in [7, 11) is 2.96. The van der Waals surface area contributed by atoms with E-state index in [0.29, 0.717) is 31.8 Å². The van der Waals surface area contributed by atoms with Crippen molar-refractivity contribution >= 4 is 17.1 Å². The van der Waals surface area contributed by atoms with Gasteiger partial charge in [-0.3, -0.25) is 18.7 Å². The maximum absolute atomic E-state index is 12.8. The Bertz CT molecular complexity index is 1160. The molecule has 0 bridgehead atoms. The molecular weight excluding hydrogens is 378 g/mol. The van der Waals surface area contributed by atoms with Crippen LogP contribution < -0.4 is 16.0 Å². The Morgan fingerprint density at radius 2 is 1.93 bits per heavy atom. The minimum Gasteiger partial charge on any atom is -0.474 e. The average molecular weight is 399 g/mol. The highest BCUT2D eigenvalue weighted by Crippen LogP contribution is 2.17. The molecule has 4 rings (SSSR count). The summed E-state index contributed by atoms with van der Waals surface area (Å²) in [6.45, 7) is 1.09. The fraction of sp³-hybridized carbons (Fsp3) is 0.444. The lowest BCUT2D eigenvalue weighted by Crippen LogP contribution is -2.43. The molecular formula is C18H21N7O4. The molecule has 1 saturated heterocycles. The largest absolute Gasteiger partial charge is 0.474 e. The topological polar surface area (TPSA) is 117 Å². The number of rotatable bonds is 4. The number of hydrogen-bond acceptors (Lipinski definition) is 7. The molecule has 1 aliphatic rings. The van der Waals surface area contributed by atoms with Crippen molar-refractivity contribution in [3.8, 4) is 5.88 Å². The van der Waals surface area contributed by atoms with Crippen LogP contribution in [0.2, 0.25) is 0 Å². The first-order valence-corrected chi connectivity index (χ1v) is 9.27. The van der Waals surface area contributed by atoms with Crippen LogP contribution in [0.15, 0.2) is 34.5 Å². The zero-order valence-electron chi connectivity index (χ0n) is 16.2. The molecule has 0 aromatic carbocycles. The van der Waals surface area contributed by atoms with Crippen molar-refractivity contribution in [3.05, 3.63) is 45.8 Å². The van der Waals surface area contributed by atoms with Crippen LogP contribution in [0, 0.1) is 0 Å². The summed E-state index contributed by atoms with van der Waals surface area (Å²) in [5.41, 5.74) is -0.414. The second-order valence-corrected chi connectivity index (χ2v) is 7.00. The number of carbonyl (C=O) groups is 1. The van der Waals surface area contributed by atoms with Gasteiger partial charge in [-0.15, -0.1) is 0 Å². The summed E-state index contributed by atoms with van der Waals surface area (Å²) in [4.78, 5) is 51.1. The summed E-state index contributed by atoms with van der Waals surface area (Å²) in [6.07, 6.45) is 5.85. The first kappa shape index (κ1) is 18.8. The number of aryl methyl sites for hydroxylation is 1. The van der Waals surface area contributed by atoms with Crippen LogP contribution in [0.5, 0.6) is 5.88 Å². The third-order valence-corrected chi connectivity index (χ3v) is 5.16. The van der Waals surface area contributed by atoms with Gasteiger partial charge in [0.2, 0.25) is 11.8 Å². The van der Waals surface area contributed by atoms with E-state index >= 15 is 0 Å². The smallest absolute Gasteiger partial charge is 0.332 e. The Morgan fingerprint density at radius 1 is 1.17 bits per heavy atom. The summed E-state index contributed by atoms with van der Waals surface area (Å²) in [6, 6.07) is 1.70. The van der Waals surface area contributed by atoms with Gasteiger partial charge < -0.3 is 14.2 Å². The van der Waals surface area contributed by atoms with Crippen molar-refractivity contribution in [2.75, 3.05) is 13.1 Å². The van der Waals surface area contributed by atoms with E-state index in [4.69, 9.17) is 4.74 Å². The van der Waals surface area contributed by atoms with E-state index in [2.05, 4.69) is 15.0 Å². The van der Waals surface area contributed by atoms with E-state index in [1.54, 1.807) is 24.2 Å². The lowest BCUT2D eigenvalue weighted by atomic mass is 10.1. The molecule has 1 aliphatic heterocycles. The van der Waals surface area contributed by atoms with Gasteiger partial charge >= 0.3 is 5.69 Å². The van der Waals surface area contributed by atoms with Crippen molar-refractivity contribution in [2.45, 2.75) is 25.5 Å². The fourth-order valence-electron chi connectivity index (χ4n) is 3.50. The van der Waals surface area contributed by atoms with Gasteiger partial charge in [-0.1, -0.05) is 0 Å². The predicted molar refractivity (Wildman–Crippen MR) is 102 cm³/mol. The standard InChI is InChI=1S/C18H21N7O4/c1-22-16-15(17(27)23(2)18(22)28)25(11-21-16)9-14(26)24-7-4-12(5-8-24)29-13-3-6-19-10-20-13/h3,6,10-12H,4-5,7-9H2,1-2H3. The lowest BCUT2D eigenvalue weighted by Gasteiger charge is -2.32. The van der Waals surface area contributed by atoms with Crippen LogP contribution in [0.4, 0.5) is 0 Å². The number of nitrogens with zero attached hydrogens (tertiary/aromatic N) is 7. The Hall–Kier alpha value is -3.50. The minimum absolute atomic E-state index is 0.00940. The van der Waals surface area contributed by atoms with E-state index in [1.165, 1.54) is 28.8 Å². The number of piperidine rings is 1. The molecule has 11 heteroatoms. The van der Waals surface area contributed by atoms with Gasteiger partial charge in [0.15, 0.2) is 11.2 Å². The van der Waals surface area contributed by atoms with Crippen molar-refractivity contribution < 1.29 is 9.53 Å². The second kappa shape index (κ2) is 7.49. The van der Waals surface area contributed by atoms with Gasteiger partial charge in [-0.2, -0.15) is 0 Å². The average Bonchev–Trinajstić information content (AvgIpc) is 3.15. The molecule has 3 aromatic rings. The van der Waals surface area contributed by atoms with Gasteiger partial charge in [0.1, 0.15) is 19.0 Å². The van der Waals surface area contributed by atoms with Crippen molar-refractivity contribution in [1.29, 1.82) is 0 Å². The first-order valence-electron chi connectivity index (χ1n) is 9.27. The highest BCUT2D eigenvalue weighted by molar-refractivity contribution is 5.79. The normalized spacial score (nSPS) is 15.0. The number of fused-ring (bicyclic) bond motifs is 1. The van der Waals surface area contributed by atoms with E-state index in [9.17, 15) is 14.4 Å². The predicted octanol–water partition coefficient (Wildman–Crippen LogP) is -0.706. The van der Waals surface area contributed by atoms with Crippen LogP contribution in [-0.2, 0) is 25.4 Å². The van der Waals surface area contributed by atoms with Crippen LogP contribution in [0.25, 0.3) is 11.2 Å². The second-order valence-electron chi connectivity index (χ2n) is 7.00. The minimum atomic E-state index is -0.467. The molecule has 0 N–H and O–H groups in total. The molecule has 29 heavy (non-hydrogen) atoms. The van der Waals surface area contributed by atoms with Crippen LogP contribution in [0.1, 0.15) is 12.8 Å². The van der Waals surface area contributed by atoms with E-state index in [1.807, 2.05) is 0 Å². The van der Waals surface area contributed by atoms with E-state index in [0.717, 1.165) is 4.57 Å². The lowest BCUT2D eigenvalue weighted by molar-refractivity contribution is -0.133. The highest BCUT2D eigenvalue weighted by atomic mass is 16.5. The zero-order chi connectivity index (χ0) is 20.5. The molecule has 0 spiro atoms. The van der Waals surface area contributed by atoms with Gasteiger partial charge in [0, 0.05) is 52.3 Å². The number of aromatic nitrogens is 6. The van der Waals surface area contributed by atoms with Gasteiger partial charge in [0.05, 0.1) is 6.33 Å². The summed E-state index contributed by atoms with van der Waals surface area (Å²) in [5, 5.41) is 0. The Balaban J connectivity index is 1.44. The molecule has 4 heterocycles. The third-order valence-electron chi connectivity index (χ3n) is 5.16. The first-order chi connectivity index (χ1) is 14.0. The molecule has 0 atom stereocenters. The monoisotopic (exact) mass is 399 g/mol. The molecule has 1 amide bonds. The molecule has 1 fully saturated rings. The van der Waals surface area contributed by atoms with Crippen molar-refractivity contribution in [3.63, 3.8) is 0 Å². The zero-order valence-corrected chi connectivity index (χ0v) is 16.2. The number of imidazole rings is 1. The number of likely N-dealkylation sites (tertiary alicyclic amines) is 1. The quantitative estimate of drug-likeness (QED) is 0.569. The van der Waals surface area contributed by atoms with Crippen molar-refractivity contribution in [1.82, 2.24) is 33.6 Å². The van der Waals surface area contributed by atoms with Crippen molar-refractivity contribution in [2.24, 2.45) is 14.1 Å². The Morgan fingerprint density at radius 3 is 2.62 bits per heavy atom. The maximum atomic E-state index is 12.8.